The fourth-order valence-corrected chi connectivity index (χ4v) is 2.20. The monoisotopic (exact) mass is 383 g/mol. The van der Waals surface area contributed by atoms with Crippen molar-refractivity contribution in [2.45, 2.75) is 20.3 Å². The minimum absolute atomic E-state index is 0.0857. The average molecular weight is 383 g/mol. The number of amides is 1. The van der Waals surface area contributed by atoms with Gasteiger partial charge in [0.2, 0.25) is 0 Å². The normalized spacial score (nSPS) is 10.3. The number of nitrogens with zero attached hydrogens (tertiary/aromatic N) is 1. The van der Waals surface area contributed by atoms with Crippen LogP contribution < -0.4 is 9.47 Å². The smallest absolute Gasteiger partial charge is 0.307 e. The number of ether oxygens (including phenoxy) is 4. The molecule has 0 aromatic heterocycles. The zero-order chi connectivity index (χ0) is 19.9. The summed E-state index contributed by atoms with van der Waals surface area (Å²) >= 11 is 0. The molecule has 8 nitrogen and oxygen atoms in total. The summed E-state index contributed by atoms with van der Waals surface area (Å²) < 4.78 is 21.0. The number of hydrogen-bond donors (Lipinski definition) is 1. The number of carbonyl (C=O) groups excluding carboxylic acids is 2. The molecule has 0 fully saturated rings. The molecule has 1 aromatic carbocycles. The lowest BCUT2D eigenvalue weighted by atomic mass is 10.3. The van der Waals surface area contributed by atoms with E-state index in [9.17, 15) is 9.59 Å². The molecule has 0 heterocycles. The molecule has 152 valence electrons. The number of aliphatic hydroxyl groups is 1. The molecule has 0 aliphatic rings. The summed E-state index contributed by atoms with van der Waals surface area (Å²) in [6.07, 6.45) is 0.0998. The van der Waals surface area contributed by atoms with Crippen molar-refractivity contribution in [3.63, 3.8) is 0 Å². The maximum Gasteiger partial charge on any atom is 0.307 e. The SMILES string of the molecule is CCOC(=O)CCN(CCOCCO)C(=O)COc1ccc(OCC)cc1. The molecule has 27 heavy (non-hydrogen) atoms. The van der Waals surface area contributed by atoms with Crippen LogP contribution in [0.3, 0.4) is 0 Å². The van der Waals surface area contributed by atoms with Crippen LogP contribution in [0.5, 0.6) is 11.5 Å². The Bertz CT molecular complexity index is 547. The first-order valence-electron chi connectivity index (χ1n) is 9.08. The van der Waals surface area contributed by atoms with Gasteiger partial charge in [0.15, 0.2) is 6.61 Å². The quantitative estimate of drug-likeness (QED) is 0.382. The van der Waals surface area contributed by atoms with Gasteiger partial charge in [-0.1, -0.05) is 0 Å². The number of esters is 1. The van der Waals surface area contributed by atoms with Crippen molar-refractivity contribution in [3.8, 4) is 11.5 Å². The summed E-state index contributed by atoms with van der Waals surface area (Å²) in [7, 11) is 0. The third kappa shape index (κ3) is 9.81. The molecule has 0 spiro atoms. The van der Waals surface area contributed by atoms with Crippen LogP contribution in [0.2, 0.25) is 0 Å². The van der Waals surface area contributed by atoms with Crippen molar-refractivity contribution >= 4 is 11.9 Å². The van der Waals surface area contributed by atoms with Gasteiger partial charge < -0.3 is 29.0 Å². The second-order valence-corrected chi connectivity index (χ2v) is 5.46. The second-order valence-electron chi connectivity index (χ2n) is 5.46. The zero-order valence-electron chi connectivity index (χ0n) is 16.0. The summed E-state index contributed by atoms with van der Waals surface area (Å²) in [5.74, 6) is 0.654. The molecule has 0 atom stereocenters. The molecule has 1 rings (SSSR count). The molecule has 1 N–H and O–H groups in total. The van der Waals surface area contributed by atoms with Gasteiger partial charge in [0.05, 0.1) is 39.5 Å². The highest BCUT2D eigenvalue weighted by Crippen LogP contribution is 2.17. The molecule has 0 unspecified atom stereocenters. The molecular formula is C19H29NO7. The molecule has 0 bridgehead atoms. The first kappa shape index (κ1) is 22.7. The predicted molar refractivity (Wildman–Crippen MR) is 98.8 cm³/mol. The largest absolute Gasteiger partial charge is 0.494 e. The van der Waals surface area contributed by atoms with Gasteiger partial charge in [-0.3, -0.25) is 9.59 Å². The Morgan fingerprint density at radius 3 is 2.22 bits per heavy atom. The van der Waals surface area contributed by atoms with Crippen LogP contribution in [0, 0.1) is 0 Å². The predicted octanol–water partition coefficient (Wildman–Crippen LogP) is 1.25. The van der Waals surface area contributed by atoms with Crippen molar-refractivity contribution in [2.75, 3.05) is 52.7 Å². The van der Waals surface area contributed by atoms with Crippen LogP contribution in [0.25, 0.3) is 0 Å². The number of hydrogen-bond acceptors (Lipinski definition) is 7. The number of rotatable bonds is 14. The Morgan fingerprint density at radius 1 is 0.963 bits per heavy atom. The highest BCUT2D eigenvalue weighted by atomic mass is 16.5. The number of benzene rings is 1. The lowest BCUT2D eigenvalue weighted by Crippen LogP contribution is -2.39. The third-order valence-corrected chi connectivity index (χ3v) is 3.48. The lowest BCUT2D eigenvalue weighted by Gasteiger charge is -2.22. The maximum absolute atomic E-state index is 12.4. The van der Waals surface area contributed by atoms with Crippen LogP contribution in [-0.4, -0.2) is 74.6 Å². The van der Waals surface area contributed by atoms with Crippen LogP contribution >= 0.6 is 0 Å². The van der Waals surface area contributed by atoms with Gasteiger partial charge in [-0.05, 0) is 38.1 Å². The molecule has 8 heteroatoms. The van der Waals surface area contributed by atoms with Gasteiger partial charge in [-0.15, -0.1) is 0 Å². The fourth-order valence-electron chi connectivity index (χ4n) is 2.20. The highest BCUT2D eigenvalue weighted by Gasteiger charge is 2.16. The molecule has 0 saturated carbocycles. The minimum atomic E-state index is -0.362. The van der Waals surface area contributed by atoms with Crippen LogP contribution in [0.15, 0.2) is 24.3 Å². The minimum Gasteiger partial charge on any atom is -0.494 e. The maximum atomic E-state index is 12.4. The van der Waals surface area contributed by atoms with E-state index in [4.69, 9.17) is 24.1 Å². The first-order chi connectivity index (χ1) is 13.1. The van der Waals surface area contributed by atoms with Crippen molar-refractivity contribution in [3.05, 3.63) is 24.3 Å². The van der Waals surface area contributed by atoms with E-state index in [0.717, 1.165) is 5.75 Å². The molecule has 1 aromatic rings. The van der Waals surface area contributed by atoms with Crippen LogP contribution in [0.1, 0.15) is 20.3 Å². The summed E-state index contributed by atoms with van der Waals surface area (Å²) in [4.78, 5) is 25.5. The average Bonchev–Trinajstić information content (AvgIpc) is 2.67. The molecule has 0 aliphatic heterocycles. The molecule has 1 amide bonds. The topological polar surface area (TPSA) is 94.5 Å². The Balaban J connectivity index is 2.52. The van der Waals surface area contributed by atoms with Crippen molar-refractivity contribution in [1.82, 2.24) is 4.90 Å². The molecule has 0 saturated heterocycles. The van der Waals surface area contributed by atoms with Gasteiger partial charge >= 0.3 is 5.97 Å². The van der Waals surface area contributed by atoms with Gasteiger partial charge in [-0.2, -0.15) is 0 Å². The number of carbonyl (C=O) groups is 2. The van der Waals surface area contributed by atoms with Crippen molar-refractivity contribution in [1.29, 1.82) is 0 Å². The van der Waals surface area contributed by atoms with Gasteiger partial charge in [0.25, 0.3) is 5.91 Å². The van der Waals surface area contributed by atoms with E-state index >= 15 is 0 Å². The van der Waals surface area contributed by atoms with E-state index in [1.165, 1.54) is 4.90 Å². The van der Waals surface area contributed by atoms with E-state index < -0.39 is 0 Å². The van der Waals surface area contributed by atoms with Crippen molar-refractivity contribution < 1.29 is 33.6 Å². The standard InChI is InChI=1S/C19H29NO7/c1-3-25-16-5-7-17(8-6-16)27-15-18(22)20(11-13-24-14-12-21)10-9-19(23)26-4-2/h5-8,21H,3-4,9-15H2,1-2H3. The van der Waals surface area contributed by atoms with Gasteiger partial charge in [0.1, 0.15) is 11.5 Å². The van der Waals surface area contributed by atoms with Gasteiger partial charge in [-0.25, -0.2) is 0 Å². The summed E-state index contributed by atoms with van der Waals surface area (Å²) in [5, 5.41) is 8.74. The van der Waals surface area contributed by atoms with E-state index in [2.05, 4.69) is 0 Å². The Hall–Kier alpha value is -2.32. The summed E-state index contributed by atoms with van der Waals surface area (Å²) in [5.41, 5.74) is 0. The van der Waals surface area contributed by atoms with Crippen LogP contribution in [0.4, 0.5) is 0 Å². The lowest BCUT2D eigenvalue weighted by molar-refractivity contribution is -0.144. The van der Waals surface area contributed by atoms with Gasteiger partial charge in [0, 0.05) is 13.1 Å². The summed E-state index contributed by atoms with van der Waals surface area (Å²) in [6.45, 7) is 5.24. The Labute approximate surface area is 160 Å². The Morgan fingerprint density at radius 2 is 1.63 bits per heavy atom. The van der Waals surface area contributed by atoms with Crippen molar-refractivity contribution in [2.24, 2.45) is 0 Å². The first-order valence-corrected chi connectivity index (χ1v) is 9.08. The molecule has 0 aliphatic carbocycles. The van der Waals surface area contributed by atoms with E-state index in [1.807, 2.05) is 6.92 Å². The van der Waals surface area contributed by atoms with E-state index in [0.29, 0.717) is 25.5 Å². The highest BCUT2D eigenvalue weighted by molar-refractivity contribution is 5.78. The summed E-state index contributed by atoms with van der Waals surface area (Å²) in [6, 6.07) is 6.99. The van der Waals surface area contributed by atoms with E-state index in [-0.39, 0.29) is 51.3 Å². The zero-order valence-corrected chi connectivity index (χ0v) is 16.0. The second kappa shape index (κ2) is 13.8. The Kier molecular flexibility index (Phi) is 11.6. The number of aliphatic hydroxyl groups excluding tert-OH is 1. The molecular weight excluding hydrogens is 354 g/mol. The fraction of sp³-hybridized carbons (Fsp3) is 0.579. The third-order valence-electron chi connectivity index (χ3n) is 3.48. The molecule has 0 radical (unpaired) electrons. The van der Waals surface area contributed by atoms with E-state index in [1.54, 1.807) is 31.2 Å². The van der Waals surface area contributed by atoms with Crippen LogP contribution in [-0.2, 0) is 19.1 Å².